The number of rotatable bonds is 3. The number of hydrogen-bond acceptors (Lipinski definition) is 2. The molecule has 0 radical (unpaired) electrons. The molecule has 1 unspecified atom stereocenters. The number of nitrogens with zero attached hydrogens (tertiary/aromatic N) is 2. The molecule has 1 N–H and O–H groups in total. The summed E-state index contributed by atoms with van der Waals surface area (Å²) >= 11 is 0. The van der Waals surface area contributed by atoms with E-state index in [-0.39, 0.29) is 0 Å². The maximum absolute atomic E-state index is 11.9. The zero-order valence-electron chi connectivity index (χ0n) is 11.3. The second-order valence-electron chi connectivity index (χ2n) is 5.20. The average Bonchev–Trinajstić information content (AvgIpc) is 2.80. The van der Waals surface area contributed by atoms with Gasteiger partial charge in [0.05, 0.1) is 4.90 Å². The van der Waals surface area contributed by atoms with Crippen molar-refractivity contribution in [2.45, 2.75) is 17.9 Å². The summed E-state index contributed by atoms with van der Waals surface area (Å²) in [5, 5.41) is 1.26. The van der Waals surface area contributed by atoms with Gasteiger partial charge < -0.3 is 9.47 Å². The van der Waals surface area contributed by atoms with E-state index in [1.54, 1.807) is 0 Å². The van der Waals surface area contributed by atoms with Crippen LogP contribution in [0.2, 0.25) is 0 Å². The third-order valence-corrected chi connectivity index (χ3v) is 4.87. The van der Waals surface area contributed by atoms with Crippen molar-refractivity contribution in [2.75, 3.05) is 27.2 Å². The van der Waals surface area contributed by atoms with Gasteiger partial charge in [-0.05, 0) is 44.3 Å². The minimum atomic E-state index is -1.04. The highest BCUT2D eigenvalue weighted by Gasteiger charge is 2.18. The van der Waals surface area contributed by atoms with Gasteiger partial charge in [-0.15, -0.1) is 0 Å². The molecule has 0 fully saturated rings. The van der Waals surface area contributed by atoms with Gasteiger partial charge >= 0.3 is 0 Å². The molecule has 2 heterocycles. The molecule has 0 spiro atoms. The predicted molar refractivity (Wildman–Crippen MR) is 78.6 cm³/mol. The minimum Gasteiger partial charge on any atom is -0.346 e. The lowest BCUT2D eigenvalue weighted by Crippen LogP contribution is -2.26. The summed E-state index contributed by atoms with van der Waals surface area (Å²) in [6, 6.07) is 6.26. The molecule has 0 saturated heterocycles. The van der Waals surface area contributed by atoms with Crippen molar-refractivity contribution in [2.24, 2.45) is 0 Å². The monoisotopic (exact) mass is 277 g/mol. The SMILES string of the molecule is CN(C)CCn1ccc2c3c(ccc21)S(=O)NCC3. The summed E-state index contributed by atoms with van der Waals surface area (Å²) in [5.74, 6) is 0. The third-order valence-electron chi connectivity index (χ3n) is 3.62. The fourth-order valence-corrected chi connectivity index (χ4v) is 3.66. The number of benzene rings is 1. The molecule has 4 nitrogen and oxygen atoms in total. The molecular formula is C14H19N3OS. The van der Waals surface area contributed by atoms with E-state index in [0.29, 0.717) is 0 Å². The first-order chi connectivity index (χ1) is 9.16. The van der Waals surface area contributed by atoms with Crippen molar-refractivity contribution < 1.29 is 4.21 Å². The van der Waals surface area contributed by atoms with Gasteiger partial charge in [0.15, 0.2) is 0 Å². The quantitative estimate of drug-likeness (QED) is 0.920. The molecule has 1 aliphatic rings. The second kappa shape index (κ2) is 5.07. The Balaban J connectivity index is 2.03. The van der Waals surface area contributed by atoms with Crippen molar-refractivity contribution in [1.29, 1.82) is 0 Å². The Bertz CT molecular complexity index is 633. The molecule has 0 aliphatic carbocycles. The maximum atomic E-state index is 11.9. The molecule has 1 aromatic carbocycles. The van der Waals surface area contributed by atoms with E-state index in [1.165, 1.54) is 16.5 Å². The number of hydrogen-bond donors (Lipinski definition) is 1. The van der Waals surface area contributed by atoms with Crippen molar-refractivity contribution >= 4 is 21.9 Å². The highest BCUT2D eigenvalue weighted by atomic mass is 32.2. The van der Waals surface area contributed by atoms with Crippen LogP contribution in [0, 0.1) is 0 Å². The van der Waals surface area contributed by atoms with Crippen LogP contribution in [-0.2, 0) is 24.0 Å². The van der Waals surface area contributed by atoms with Gasteiger partial charge in [0.2, 0.25) is 0 Å². The highest BCUT2D eigenvalue weighted by Crippen LogP contribution is 2.27. The van der Waals surface area contributed by atoms with Crippen LogP contribution in [0.25, 0.3) is 10.9 Å². The first-order valence-electron chi connectivity index (χ1n) is 6.57. The zero-order chi connectivity index (χ0) is 13.4. The predicted octanol–water partition coefficient (Wildman–Crippen LogP) is 1.37. The van der Waals surface area contributed by atoms with E-state index in [4.69, 9.17) is 0 Å². The van der Waals surface area contributed by atoms with Gasteiger partial charge in [0, 0.05) is 36.7 Å². The normalized spacial score (nSPS) is 19.0. The van der Waals surface area contributed by atoms with Gasteiger partial charge in [-0.1, -0.05) is 0 Å². The van der Waals surface area contributed by atoms with Crippen LogP contribution in [0.4, 0.5) is 0 Å². The third kappa shape index (κ3) is 2.33. The van der Waals surface area contributed by atoms with Crippen LogP contribution in [0.3, 0.4) is 0 Å². The van der Waals surface area contributed by atoms with Gasteiger partial charge in [-0.25, -0.2) is 8.93 Å². The van der Waals surface area contributed by atoms with E-state index in [9.17, 15) is 4.21 Å². The number of nitrogens with one attached hydrogen (secondary N) is 1. The van der Waals surface area contributed by atoms with E-state index in [2.05, 4.69) is 46.6 Å². The lowest BCUT2D eigenvalue weighted by molar-refractivity contribution is 0.387. The van der Waals surface area contributed by atoms with Crippen LogP contribution in [0.1, 0.15) is 5.56 Å². The van der Waals surface area contributed by atoms with E-state index in [1.807, 2.05) is 6.07 Å². The fourth-order valence-electron chi connectivity index (χ4n) is 2.59. The standard InChI is InChI=1S/C14H19N3OS/c1-16(2)9-10-17-8-6-11-12-5-7-15-19(18)14(12)4-3-13(11)17/h3-4,6,8,15H,5,7,9-10H2,1-2H3. The Kier molecular flexibility index (Phi) is 3.43. The molecule has 102 valence electrons. The summed E-state index contributed by atoms with van der Waals surface area (Å²) in [6.45, 7) is 2.80. The number of aromatic nitrogens is 1. The minimum absolute atomic E-state index is 0.793. The van der Waals surface area contributed by atoms with Crippen molar-refractivity contribution in [3.63, 3.8) is 0 Å². The zero-order valence-corrected chi connectivity index (χ0v) is 12.2. The van der Waals surface area contributed by atoms with E-state index in [0.717, 1.165) is 31.0 Å². The molecular weight excluding hydrogens is 258 g/mol. The van der Waals surface area contributed by atoms with Crippen LogP contribution in [0.5, 0.6) is 0 Å². The molecule has 2 aromatic rings. The van der Waals surface area contributed by atoms with Crippen LogP contribution in [-0.4, -0.2) is 40.9 Å². The first kappa shape index (κ1) is 12.8. The maximum Gasteiger partial charge on any atom is 0.125 e. The van der Waals surface area contributed by atoms with Crippen molar-refractivity contribution in [3.8, 4) is 0 Å². The lowest BCUT2D eigenvalue weighted by Gasteiger charge is -2.17. The molecule has 0 amide bonds. The van der Waals surface area contributed by atoms with Gasteiger partial charge in [0.25, 0.3) is 0 Å². The van der Waals surface area contributed by atoms with Crippen LogP contribution >= 0.6 is 0 Å². The highest BCUT2D eigenvalue weighted by molar-refractivity contribution is 7.83. The second-order valence-corrected chi connectivity index (χ2v) is 6.47. The molecule has 19 heavy (non-hydrogen) atoms. The van der Waals surface area contributed by atoms with E-state index < -0.39 is 11.0 Å². The van der Waals surface area contributed by atoms with Gasteiger partial charge in [-0.2, -0.15) is 0 Å². The molecule has 5 heteroatoms. The Morgan fingerprint density at radius 1 is 1.37 bits per heavy atom. The average molecular weight is 277 g/mol. The van der Waals surface area contributed by atoms with Gasteiger partial charge in [-0.3, -0.25) is 0 Å². The van der Waals surface area contributed by atoms with E-state index >= 15 is 0 Å². The first-order valence-corrected chi connectivity index (χ1v) is 7.72. The molecule has 3 rings (SSSR count). The Morgan fingerprint density at radius 3 is 3.00 bits per heavy atom. The molecule has 0 bridgehead atoms. The Hall–Kier alpha value is -1.17. The van der Waals surface area contributed by atoms with Crippen LogP contribution < -0.4 is 4.72 Å². The Morgan fingerprint density at radius 2 is 2.21 bits per heavy atom. The number of fused-ring (bicyclic) bond motifs is 3. The van der Waals surface area contributed by atoms with Crippen molar-refractivity contribution in [3.05, 3.63) is 30.0 Å². The smallest absolute Gasteiger partial charge is 0.125 e. The summed E-state index contributed by atoms with van der Waals surface area (Å²) in [6.07, 6.45) is 3.09. The molecule has 1 aromatic heterocycles. The number of likely N-dealkylation sites (N-methyl/N-ethyl adjacent to an activating group) is 1. The fraction of sp³-hybridized carbons (Fsp3) is 0.429. The summed E-state index contributed by atoms with van der Waals surface area (Å²) in [7, 11) is 3.13. The van der Waals surface area contributed by atoms with Crippen LogP contribution in [0.15, 0.2) is 29.3 Å². The van der Waals surface area contributed by atoms with Crippen molar-refractivity contribution in [1.82, 2.24) is 14.2 Å². The summed E-state index contributed by atoms with van der Waals surface area (Å²) < 4.78 is 17.2. The summed E-state index contributed by atoms with van der Waals surface area (Å²) in [4.78, 5) is 3.13. The summed E-state index contributed by atoms with van der Waals surface area (Å²) in [5.41, 5.74) is 2.50. The lowest BCUT2D eigenvalue weighted by atomic mass is 10.1. The Labute approximate surface area is 116 Å². The molecule has 0 saturated carbocycles. The molecule has 1 aliphatic heterocycles. The molecule has 1 atom stereocenters. The largest absolute Gasteiger partial charge is 0.346 e. The van der Waals surface area contributed by atoms with Gasteiger partial charge in [0.1, 0.15) is 11.0 Å². The topological polar surface area (TPSA) is 37.3 Å².